The third kappa shape index (κ3) is 3.68. The minimum Gasteiger partial charge on any atom is -0.463 e. The van der Waals surface area contributed by atoms with Gasteiger partial charge in [0.25, 0.3) is 0 Å². The highest BCUT2D eigenvalue weighted by atomic mass is 16.5. The molecule has 0 aromatic carbocycles. The van der Waals surface area contributed by atoms with Crippen LogP contribution in [-0.4, -0.2) is 46.7 Å². The van der Waals surface area contributed by atoms with E-state index in [1.54, 1.807) is 0 Å². The molecule has 1 aromatic heterocycles. The summed E-state index contributed by atoms with van der Waals surface area (Å²) >= 11 is 0. The van der Waals surface area contributed by atoms with Gasteiger partial charge < -0.3 is 20.9 Å². The molecule has 0 radical (unpaired) electrons. The zero-order valence-electron chi connectivity index (χ0n) is 9.08. The summed E-state index contributed by atoms with van der Waals surface area (Å²) in [6.45, 7) is -0.104. The first-order valence-electron chi connectivity index (χ1n) is 4.67. The minimum absolute atomic E-state index is 0.104. The smallest absolute Gasteiger partial charge is 0.376 e. The standard InChI is InChI=1S/C9H12N4O4/c1-17-9(16)8-11-3-2-6(13-8)12-4-5(14)7(10)15/h2-3,5,14H,4H2,1H3,(H2,10,15)(H,11,12,13). The maximum Gasteiger partial charge on any atom is 0.376 e. The summed E-state index contributed by atoms with van der Waals surface area (Å²) in [4.78, 5) is 29.2. The summed E-state index contributed by atoms with van der Waals surface area (Å²) in [5.41, 5.74) is 4.86. The molecule has 0 saturated carbocycles. The molecular weight excluding hydrogens is 228 g/mol. The van der Waals surface area contributed by atoms with Crippen LogP contribution in [0.15, 0.2) is 12.3 Å². The number of methoxy groups -OCH3 is 1. The van der Waals surface area contributed by atoms with Gasteiger partial charge in [0.05, 0.1) is 13.7 Å². The summed E-state index contributed by atoms with van der Waals surface area (Å²) in [5, 5.41) is 11.8. The number of hydrogen-bond donors (Lipinski definition) is 3. The Labute approximate surface area is 96.8 Å². The molecular formula is C9H12N4O4. The molecule has 4 N–H and O–H groups in total. The zero-order chi connectivity index (χ0) is 12.8. The molecule has 8 nitrogen and oxygen atoms in total. The lowest BCUT2D eigenvalue weighted by atomic mass is 10.3. The van der Waals surface area contributed by atoms with Crippen molar-refractivity contribution in [3.63, 3.8) is 0 Å². The number of aliphatic hydroxyl groups is 1. The van der Waals surface area contributed by atoms with Crippen LogP contribution >= 0.6 is 0 Å². The number of ether oxygens (including phenoxy) is 1. The normalized spacial score (nSPS) is 11.6. The summed E-state index contributed by atoms with van der Waals surface area (Å²) in [6, 6.07) is 1.47. The Morgan fingerprint density at radius 2 is 2.35 bits per heavy atom. The summed E-state index contributed by atoms with van der Waals surface area (Å²) in [7, 11) is 1.21. The molecule has 17 heavy (non-hydrogen) atoms. The van der Waals surface area contributed by atoms with Crippen LogP contribution < -0.4 is 11.1 Å². The van der Waals surface area contributed by atoms with Crippen molar-refractivity contribution in [2.45, 2.75) is 6.10 Å². The highest BCUT2D eigenvalue weighted by molar-refractivity contribution is 5.85. The number of aromatic nitrogens is 2. The average molecular weight is 240 g/mol. The number of amides is 1. The fraction of sp³-hybridized carbons (Fsp3) is 0.333. The number of anilines is 1. The Morgan fingerprint density at radius 3 is 2.94 bits per heavy atom. The second kappa shape index (κ2) is 5.75. The Kier molecular flexibility index (Phi) is 4.35. The predicted octanol–water partition coefficient (Wildman–Crippen LogP) is -1.48. The van der Waals surface area contributed by atoms with Crippen molar-refractivity contribution < 1.29 is 19.4 Å². The summed E-state index contributed by atoms with van der Waals surface area (Å²) < 4.78 is 4.44. The van der Waals surface area contributed by atoms with E-state index in [1.165, 1.54) is 19.4 Å². The highest BCUT2D eigenvalue weighted by Crippen LogP contribution is 2.02. The van der Waals surface area contributed by atoms with Gasteiger partial charge in [-0.3, -0.25) is 4.79 Å². The van der Waals surface area contributed by atoms with Gasteiger partial charge in [-0.15, -0.1) is 0 Å². The Bertz CT molecular complexity index is 423. The molecule has 1 atom stereocenters. The van der Waals surface area contributed by atoms with Gasteiger partial charge in [-0.05, 0) is 6.07 Å². The molecule has 1 amide bonds. The molecule has 1 aromatic rings. The van der Waals surface area contributed by atoms with Gasteiger partial charge in [-0.1, -0.05) is 0 Å². The molecule has 0 aliphatic rings. The average Bonchev–Trinajstić information content (AvgIpc) is 2.35. The van der Waals surface area contributed by atoms with Crippen molar-refractivity contribution in [2.24, 2.45) is 5.73 Å². The molecule has 0 aliphatic heterocycles. The molecule has 0 aliphatic carbocycles. The lowest BCUT2D eigenvalue weighted by Crippen LogP contribution is -2.34. The van der Waals surface area contributed by atoms with Gasteiger partial charge in [0, 0.05) is 6.20 Å². The molecule has 0 bridgehead atoms. The zero-order valence-corrected chi connectivity index (χ0v) is 9.08. The van der Waals surface area contributed by atoms with Gasteiger partial charge in [0.15, 0.2) is 0 Å². The van der Waals surface area contributed by atoms with Crippen LogP contribution in [0.4, 0.5) is 5.82 Å². The first kappa shape index (κ1) is 12.8. The van der Waals surface area contributed by atoms with Crippen molar-refractivity contribution in [3.05, 3.63) is 18.1 Å². The lowest BCUT2D eigenvalue weighted by Gasteiger charge is -2.08. The molecule has 1 rings (SSSR count). The minimum atomic E-state index is -1.33. The monoisotopic (exact) mass is 240 g/mol. The topological polar surface area (TPSA) is 127 Å². The largest absolute Gasteiger partial charge is 0.463 e. The van der Waals surface area contributed by atoms with E-state index in [0.29, 0.717) is 0 Å². The first-order valence-corrected chi connectivity index (χ1v) is 4.67. The molecule has 8 heteroatoms. The van der Waals surface area contributed by atoms with Crippen LogP contribution in [0.5, 0.6) is 0 Å². The van der Waals surface area contributed by atoms with E-state index < -0.39 is 18.0 Å². The fourth-order valence-corrected chi connectivity index (χ4v) is 0.949. The Morgan fingerprint density at radius 1 is 1.65 bits per heavy atom. The number of carbonyl (C=O) groups is 2. The number of carbonyl (C=O) groups excluding carboxylic acids is 2. The number of primary amides is 1. The number of esters is 1. The number of rotatable bonds is 5. The van der Waals surface area contributed by atoms with Gasteiger partial charge in [-0.2, -0.15) is 0 Å². The van der Waals surface area contributed by atoms with Crippen LogP contribution in [0.3, 0.4) is 0 Å². The molecule has 0 fully saturated rings. The second-order valence-electron chi connectivity index (χ2n) is 3.06. The maximum atomic E-state index is 11.1. The van der Waals surface area contributed by atoms with Crippen LogP contribution in [0.2, 0.25) is 0 Å². The van der Waals surface area contributed by atoms with Gasteiger partial charge in [0.2, 0.25) is 11.7 Å². The molecule has 0 saturated heterocycles. The van der Waals surface area contributed by atoms with E-state index in [4.69, 9.17) is 10.8 Å². The lowest BCUT2D eigenvalue weighted by molar-refractivity contribution is -0.125. The molecule has 1 heterocycles. The van der Waals surface area contributed by atoms with Crippen molar-refractivity contribution in [2.75, 3.05) is 19.0 Å². The van der Waals surface area contributed by atoms with E-state index in [9.17, 15) is 9.59 Å². The van der Waals surface area contributed by atoms with Crippen LogP contribution in [-0.2, 0) is 9.53 Å². The fourth-order valence-electron chi connectivity index (χ4n) is 0.949. The Hall–Kier alpha value is -2.22. The van der Waals surface area contributed by atoms with Crippen molar-refractivity contribution in [1.29, 1.82) is 0 Å². The van der Waals surface area contributed by atoms with Crippen molar-refractivity contribution in [3.8, 4) is 0 Å². The Balaban J connectivity index is 2.66. The van der Waals surface area contributed by atoms with E-state index in [-0.39, 0.29) is 18.2 Å². The molecule has 92 valence electrons. The van der Waals surface area contributed by atoms with Crippen molar-refractivity contribution in [1.82, 2.24) is 9.97 Å². The van der Waals surface area contributed by atoms with Crippen LogP contribution in [0.25, 0.3) is 0 Å². The maximum absolute atomic E-state index is 11.1. The highest BCUT2D eigenvalue weighted by Gasteiger charge is 2.12. The van der Waals surface area contributed by atoms with Crippen molar-refractivity contribution >= 4 is 17.7 Å². The van der Waals surface area contributed by atoms with E-state index in [2.05, 4.69) is 20.0 Å². The number of nitrogens with one attached hydrogen (secondary N) is 1. The van der Waals surface area contributed by atoms with E-state index in [1.807, 2.05) is 0 Å². The third-order valence-corrected chi connectivity index (χ3v) is 1.83. The number of aliphatic hydroxyl groups excluding tert-OH is 1. The molecule has 0 spiro atoms. The summed E-state index contributed by atoms with van der Waals surface area (Å²) in [6.07, 6.45) is 0.0182. The van der Waals surface area contributed by atoms with Gasteiger partial charge in [0.1, 0.15) is 11.9 Å². The second-order valence-corrected chi connectivity index (χ2v) is 3.06. The van der Waals surface area contributed by atoms with Gasteiger partial charge in [-0.25, -0.2) is 14.8 Å². The van der Waals surface area contributed by atoms with Crippen LogP contribution in [0.1, 0.15) is 10.6 Å². The third-order valence-electron chi connectivity index (χ3n) is 1.83. The number of hydrogen-bond acceptors (Lipinski definition) is 7. The summed E-state index contributed by atoms with van der Waals surface area (Å²) in [5.74, 6) is -1.37. The SMILES string of the molecule is COC(=O)c1nccc(NCC(O)C(N)=O)n1. The quantitative estimate of drug-likeness (QED) is 0.535. The predicted molar refractivity (Wildman–Crippen MR) is 57.1 cm³/mol. The van der Waals surface area contributed by atoms with E-state index >= 15 is 0 Å². The number of nitrogens with two attached hydrogens (primary N) is 1. The molecule has 1 unspecified atom stereocenters. The number of nitrogens with zero attached hydrogens (tertiary/aromatic N) is 2. The first-order chi connectivity index (χ1) is 8.04. The van der Waals surface area contributed by atoms with Crippen LogP contribution in [0, 0.1) is 0 Å². The van der Waals surface area contributed by atoms with Gasteiger partial charge >= 0.3 is 5.97 Å². The van der Waals surface area contributed by atoms with E-state index in [0.717, 1.165) is 0 Å².